The number of alkyl halides is 3. The Balaban J connectivity index is 1.50. The number of anilines is 3. The van der Waals surface area contributed by atoms with Gasteiger partial charge < -0.3 is 15.8 Å². The molecule has 168 valence electrons. The van der Waals surface area contributed by atoms with Crippen molar-refractivity contribution in [2.24, 2.45) is 0 Å². The van der Waals surface area contributed by atoms with E-state index >= 15 is 0 Å². The summed E-state index contributed by atoms with van der Waals surface area (Å²) in [5, 5.41) is 3.16. The minimum absolute atomic E-state index is 0.0422. The van der Waals surface area contributed by atoms with E-state index in [0.29, 0.717) is 22.9 Å². The second kappa shape index (κ2) is 9.15. The van der Waals surface area contributed by atoms with Gasteiger partial charge in [0, 0.05) is 29.6 Å². The average molecular weight is 451 g/mol. The normalized spacial score (nSPS) is 11.3. The Kier molecular flexibility index (Phi) is 6.12. The molecule has 0 atom stereocenters. The van der Waals surface area contributed by atoms with Gasteiger partial charge in [-0.05, 0) is 48.4 Å². The van der Waals surface area contributed by atoms with Gasteiger partial charge in [-0.3, -0.25) is 4.98 Å². The van der Waals surface area contributed by atoms with Crippen molar-refractivity contribution in [3.8, 4) is 22.8 Å². The van der Waals surface area contributed by atoms with E-state index in [4.69, 9.17) is 10.5 Å². The fourth-order valence-corrected chi connectivity index (χ4v) is 3.15. The summed E-state index contributed by atoms with van der Waals surface area (Å²) in [4.78, 5) is 11.9. The second-order valence-electron chi connectivity index (χ2n) is 7.18. The van der Waals surface area contributed by atoms with Gasteiger partial charge in [-0.2, -0.15) is 18.2 Å². The van der Waals surface area contributed by atoms with E-state index in [0.717, 1.165) is 24.2 Å². The molecule has 3 N–H and O–H groups in total. The van der Waals surface area contributed by atoms with Crippen LogP contribution in [0.4, 0.5) is 30.6 Å². The van der Waals surface area contributed by atoms with Crippen LogP contribution in [0.3, 0.4) is 0 Å². The monoisotopic (exact) mass is 451 g/mol. The third-order valence-electron chi connectivity index (χ3n) is 4.76. The predicted molar refractivity (Wildman–Crippen MR) is 120 cm³/mol. The lowest BCUT2D eigenvalue weighted by molar-refractivity contribution is -0.141. The number of nitrogens with one attached hydrogen (secondary N) is 1. The van der Waals surface area contributed by atoms with Crippen molar-refractivity contribution < 1.29 is 17.9 Å². The number of nitrogens with two attached hydrogens (primary N) is 1. The highest BCUT2D eigenvalue weighted by atomic mass is 19.4. The van der Waals surface area contributed by atoms with Crippen LogP contribution in [0.5, 0.6) is 11.5 Å². The molecule has 4 rings (SSSR count). The molecule has 0 saturated heterocycles. The zero-order chi connectivity index (χ0) is 23.4. The van der Waals surface area contributed by atoms with Crippen molar-refractivity contribution in [1.29, 1.82) is 0 Å². The molecule has 9 heteroatoms. The van der Waals surface area contributed by atoms with Crippen molar-refractivity contribution in [3.05, 3.63) is 84.2 Å². The van der Waals surface area contributed by atoms with E-state index in [1.54, 1.807) is 30.3 Å². The fraction of sp³-hybridized carbons (Fsp3) is 0.125. The molecule has 2 aromatic carbocycles. The molecule has 0 radical (unpaired) electrons. The molecular weight excluding hydrogens is 431 g/mol. The second-order valence-corrected chi connectivity index (χ2v) is 7.18. The average Bonchev–Trinajstić information content (AvgIpc) is 2.80. The lowest BCUT2D eigenvalue weighted by atomic mass is 10.1. The molecule has 0 aliphatic carbocycles. The van der Waals surface area contributed by atoms with Crippen LogP contribution in [0.2, 0.25) is 0 Å². The molecule has 0 fully saturated rings. The molecule has 0 spiro atoms. The number of pyridine rings is 1. The van der Waals surface area contributed by atoms with Gasteiger partial charge in [0.1, 0.15) is 23.0 Å². The van der Waals surface area contributed by atoms with E-state index in [2.05, 4.69) is 33.3 Å². The summed E-state index contributed by atoms with van der Waals surface area (Å²) in [6, 6.07) is 18.7. The van der Waals surface area contributed by atoms with E-state index < -0.39 is 11.9 Å². The molecule has 0 amide bonds. The van der Waals surface area contributed by atoms with Crippen LogP contribution >= 0.6 is 0 Å². The third-order valence-corrected chi connectivity index (χ3v) is 4.76. The standard InChI is InChI=1S/C24H20F3N5O/c1-2-15-4-3-5-16(12-15)20-14-22(32-23(28)31-20)30-17-6-8-18(9-7-17)33-19-10-11-29-21(13-19)24(25,26)27/h3-14H,2H2,1H3,(H3,28,30,31,32). The molecule has 0 bridgehead atoms. The highest BCUT2D eigenvalue weighted by Crippen LogP contribution is 2.31. The number of aryl methyl sites for hydroxylation is 1. The van der Waals surface area contributed by atoms with Crippen molar-refractivity contribution in [1.82, 2.24) is 15.0 Å². The Morgan fingerprint density at radius 3 is 2.45 bits per heavy atom. The maximum absolute atomic E-state index is 12.8. The van der Waals surface area contributed by atoms with Crippen molar-refractivity contribution >= 4 is 17.5 Å². The van der Waals surface area contributed by atoms with Crippen molar-refractivity contribution in [2.75, 3.05) is 11.1 Å². The van der Waals surface area contributed by atoms with Gasteiger partial charge in [-0.1, -0.05) is 25.1 Å². The van der Waals surface area contributed by atoms with Crippen LogP contribution in [0, 0.1) is 0 Å². The summed E-state index contributed by atoms with van der Waals surface area (Å²) in [5.41, 5.74) is 8.40. The fourth-order valence-electron chi connectivity index (χ4n) is 3.15. The first-order valence-electron chi connectivity index (χ1n) is 10.1. The van der Waals surface area contributed by atoms with Crippen LogP contribution in [0.25, 0.3) is 11.3 Å². The largest absolute Gasteiger partial charge is 0.457 e. The highest BCUT2D eigenvalue weighted by Gasteiger charge is 2.32. The van der Waals surface area contributed by atoms with E-state index in [1.165, 1.54) is 11.6 Å². The predicted octanol–water partition coefficient (Wildman–Crippen LogP) is 6.24. The summed E-state index contributed by atoms with van der Waals surface area (Å²) in [5.74, 6) is 1.06. The zero-order valence-corrected chi connectivity index (χ0v) is 17.6. The molecule has 33 heavy (non-hydrogen) atoms. The Labute approximate surface area is 188 Å². The number of nitrogen functional groups attached to an aromatic ring is 1. The number of ether oxygens (including phenoxy) is 1. The Bertz CT molecular complexity index is 1260. The van der Waals surface area contributed by atoms with Gasteiger partial charge in [-0.25, -0.2) is 4.98 Å². The number of halogens is 3. The molecule has 2 heterocycles. The minimum atomic E-state index is -4.54. The zero-order valence-electron chi connectivity index (χ0n) is 17.6. The van der Waals surface area contributed by atoms with Crippen molar-refractivity contribution in [3.63, 3.8) is 0 Å². The lowest BCUT2D eigenvalue weighted by Crippen LogP contribution is -2.07. The summed E-state index contributed by atoms with van der Waals surface area (Å²) >= 11 is 0. The number of aromatic nitrogens is 3. The van der Waals surface area contributed by atoms with E-state index in [-0.39, 0.29) is 11.7 Å². The molecular formula is C24H20F3N5O. The summed E-state index contributed by atoms with van der Waals surface area (Å²) < 4.78 is 44.0. The van der Waals surface area contributed by atoms with Crippen LogP contribution in [0.1, 0.15) is 18.2 Å². The van der Waals surface area contributed by atoms with Gasteiger partial charge in [-0.15, -0.1) is 0 Å². The van der Waals surface area contributed by atoms with Crippen LogP contribution < -0.4 is 15.8 Å². The maximum Gasteiger partial charge on any atom is 0.433 e. The topological polar surface area (TPSA) is 86.0 Å². The van der Waals surface area contributed by atoms with Gasteiger partial charge in [0.15, 0.2) is 0 Å². The van der Waals surface area contributed by atoms with Crippen LogP contribution in [-0.4, -0.2) is 15.0 Å². The van der Waals surface area contributed by atoms with Crippen LogP contribution in [0.15, 0.2) is 72.9 Å². The highest BCUT2D eigenvalue weighted by molar-refractivity contribution is 5.67. The van der Waals surface area contributed by atoms with E-state index in [9.17, 15) is 13.2 Å². The van der Waals surface area contributed by atoms with E-state index in [1.807, 2.05) is 18.2 Å². The Hall–Kier alpha value is -4.14. The first-order chi connectivity index (χ1) is 15.8. The van der Waals surface area contributed by atoms with Crippen molar-refractivity contribution in [2.45, 2.75) is 19.5 Å². The number of benzene rings is 2. The molecule has 0 unspecified atom stereocenters. The summed E-state index contributed by atoms with van der Waals surface area (Å²) in [6.45, 7) is 2.08. The van der Waals surface area contributed by atoms with Gasteiger partial charge in [0.25, 0.3) is 0 Å². The molecule has 2 aromatic heterocycles. The third kappa shape index (κ3) is 5.57. The van der Waals surface area contributed by atoms with Gasteiger partial charge >= 0.3 is 6.18 Å². The quantitative estimate of drug-likeness (QED) is 0.361. The lowest BCUT2D eigenvalue weighted by Gasteiger charge is -2.11. The molecule has 0 aliphatic heterocycles. The SMILES string of the molecule is CCc1cccc(-c2cc(Nc3ccc(Oc4ccnc(C(F)(F)F)c4)cc3)nc(N)n2)c1. The smallest absolute Gasteiger partial charge is 0.433 e. The van der Waals surface area contributed by atoms with Gasteiger partial charge in [0.05, 0.1) is 5.69 Å². The van der Waals surface area contributed by atoms with Crippen LogP contribution in [-0.2, 0) is 12.6 Å². The molecule has 6 nitrogen and oxygen atoms in total. The summed E-state index contributed by atoms with van der Waals surface area (Å²) in [6.07, 6.45) is -2.57. The summed E-state index contributed by atoms with van der Waals surface area (Å²) in [7, 11) is 0. The maximum atomic E-state index is 12.8. The first kappa shape index (κ1) is 22.1. The number of rotatable bonds is 6. The molecule has 4 aromatic rings. The number of hydrogen-bond donors (Lipinski definition) is 2. The minimum Gasteiger partial charge on any atom is -0.457 e. The molecule has 0 saturated carbocycles. The van der Waals surface area contributed by atoms with Gasteiger partial charge in [0.2, 0.25) is 5.95 Å². The Morgan fingerprint density at radius 1 is 0.939 bits per heavy atom. The molecule has 0 aliphatic rings. The number of nitrogens with zero attached hydrogens (tertiary/aromatic N) is 3. The Morgan fingerprint density at radius 2 is 1.73 bits per heavy atom. The number of hydrogen-bond acceptors (Lipinski definition) is 6. The first-order valence-corrected chi connectivity index (χ1v) is 10.1.